The summed E-state index contributed by atoms with van der Waals surface area (Å²) < 4.78 is 14.5. The highest BCUT2D eigenvalue weighted by molar-refractivity contribution is 5.78. The minimum atomic E-state index is -0.527. The van der Waals surface area contributed by atoms with Crippen LogP contribution in [0.5, 0.6) is 0 Å². The minimum absolute atomic E-state index is 0.143. The number of hydrogen-bond acceptors (Lipinski definition) is 3. The van der Waals surface area contributed by atoms with Gasteiger partial charge in [0, 0.05) is 12.7 Å². The maximum Gasteiger partial charge on any atom is 0.226 e. The molecule has 0 aliphatic carbocycles. The van der Waals surface area contributed by atoms with Crippen molar-refractivity contribution in [2.45, 2.75) is 39.2 Å². The van der Waals surface area contributed by atoms with Crippen LogP contribution in [-0.4, -0.2) is 33.4 Å². The predicted octanol–water partition coefficient (Wildman–Crippen LogP) is 2.47. The zero-order valence-corrected chi connectivity index (χ0v) is 14.1. The molecule has 2 aromatic rings. The van der Waals surface area contributed by atoms with Crippen molar-refractivity contribution in [2.75, 3.05) is 6.54 Å². The number of halogens is 1. The Balaban J connectivity index is 1.87. The largest absolute Gasteiger partial charge is 0.391 e. The van der Waals surface area contributed by atoms with Crippen molar-refractivity contribution in [3.05, 3.63) is 48.0 Å². The van der Waals surface area contributed by atoms with E-state index in [0.717, 1.165) is 18.5 Å². The molecule has 0 fully saturated rings. The van der Waals surface area contributed by atoms with Crippen LogP contribution in [0.2, 0.25) is 0 Å². The molecule has 0 radical (unpaired) electrons. The van der Waals surface area contributed by atoms with Gasteiger partial charge in [0.1, 0.15) is 5.82 Å². The summed E-state index contributed by atoms with van der Waals surface area (Å²) in [6, 6.07) is 7.72. The average molecular weight is 333 g/mol. The van der Waals surface area contributed by atoms with Gasteiger partial charge in [-0.3, -0.25) is 4.79 Å². The fourth-order valence-electron chi connectivity index (χ4n) is 2.64. The van der Waals surface area contributed by atoms with Crippen molar-refractivity contribution < 1.29 is 14.3 Å². The molecular weight excluding hydrogens is 309 g/mol. The van der Waals surface area contributed by atoms with E-state index in [1.54, 1.807) is 29.1 Å². The quantitative estimate of drug-likeness (QED) is 0.780. The minimum Gasteiger partial charge on any atom is -0.391 e. The Morgan fingerprint density at radius 1 is 1.25 bits per heavy atom. The average Bonchev–Trinajstić information content (AvgIpc) is 3.03. The van der Waals surface area contributed by atoms with E-state index in [9.17, 15) is 14.3 Å². The first-order chi connectivity index (χ1) is 11.5. The Bertz CT molecular complexity index is 651. The Morgan fingerprint density at radius 3 is 2.54 bits per heavy atom. The van der Waals surface area contributed by atoms with E-state index < -0.39 is 6.10 Å². The number of nitrogens with one attached hydrogen (secondary N) is 1. The van der Waals surface area contributed by atoms with Crippen LogP contribution in [0.15, 0.2) is 36.5 Å². The zero-order chi connectivity index (χ0) is 17.5. The molecule has 1 aromatic heterocycles. The molecule has 2 rings (SSSR count). The van der Waals surface area contributed by atoms with Gasteiger partial charge in [-0.25, -0.2) is 9.07 Å². The summed E-state index contributed by atoms with van der Waals surface area (Å²) in [5.74, 6) is -0.283. The topological polar surface area (TPSA) is 67.2 Å². The molecule has 0 bridgehead atoms. The lowest BCUT2D eigenvalue weighted by atomic mass is 9.96. The number of nitrogens with zero attached hydrogens (tertiary/aromatic N) is 2. The van der Waals surface area contributed by atoms with Crippen LogP contribution in [-0.2, 0) is 11.2 Å². The van der Waals surface area contributed by atoms with Gasteiger partial charge in [-0.15, -0.1) is 0 Å². The first-order valence-electron chi connectivity index (χ1n) is 8.28. The molecule has 5 nitrogen and oxygen atoms in total. The van der Waals surface area contributed by atoms with Crippen molar-refractivity contribution in [1.29, 1.82) is 0 Å². The highest BCUT2D eigenvalue weighted by Crippen LogP contribution is 2.12. The molecule has 1 heterocycles. The van der Waals surface area contributed by atoms with Crippen molar-refractivity contribution in [3.8, 4) is 5.69 Å². The van der Waals surface area contributed by atoms with E-state index in [2.05, 4.69) is 10.4 Å². The lowest BCUT2D eigenvalue weighted by Crippen LogP contribution is -2.36. The van der Waals surface area contributed by atoms with Crippen molar-refractivity contribution in [3.63, 3.8) is 0 Å². The van der Waals surface area contributed by atoms with Crippen molar-refractivity contribution >= 4 is 5.91 Å². The highest BCUT2D eigenvalue weighted by Gasteiger charge is 2.16. The molecule has 0 aliphatic rings. The molecule has 0 spiro atoms. The molecule has 0 saturated carbocycles. The molecule has 6 heteroatoms. The molecule has 1 atom stereocenters. The third-order valence-corrected chi connectivity index (χ3v) is 4.18. The summed E-state index contributed by atoms with van der Waals surface area (Å²) in [5.41, 5.74) is 1.35. The highest BCUT2D eigenvalue weighted by atomic mass is 19.1. The van der Waals surface area contributed by atoms with Gasteiger partial charge in [0.2, 0.25) is 5.91 Å². The smallest absolute Gasteiger partial charge is 0.226 e. The Morgan fingerprint density at radius 2 is 1.92 bits per heavy atom. The second-order valence-corrected chi connectivity index (χ2v) is 5.85. The van der Waals surface area contributed by atoms with E-state index in [0.29, 0.717) is 5.69 Å². The molecule has 0 aliphatic heterocycles. The first kappa shape index (κ1) is 18.1. The van der Waals surface area contributed by atoms with Crippen LogP contribution in [0, 0.1) is 11.7 Å². The van der Waals surface area contributed by atoms with Gasteiger partial charge in [-0.2, -0.15) is 5.10 Å². The third-order valence-electron chi connectivity index (χ3n) is 4.18. The van der Waals surface area contributed by atoms with Gasteiger partial charge in [-0.05, 0) is 36.2 Å². The Hall–Kier alpha value is -2.21. The van der Waals surface area contributed by atoms with Gasteiger partial charge >= 0.3 is 0 Å². The number of aromatic nitrogens is 2. The Kier molecular flexibility index (Phi) is 6.49. The summed E-state index contributed by atoms with van der Waals surface area (Å²) >= 11 is 0. The second-order valence-electron chi connectivity index (χ2n) is 5.85. The molecule has 1 amide bonds. The number of benzene rings is 1. The number of hydrogen-bond donors (Lipinski definition) is 2. The van der Waals surface area contributed by atoms with Crippen LogP contribution in [0.3, 0.4) is 0 Å². The van der Waals surface area contributed by atoms with Crippen LogP contribution in [0.1, 0.15) is 32.4 Å². The zero-order valence-electron chi connectivity index (χ0n) is 14.1. The van der Waals surface area contributed by atoms with E-state index in [1.165, 1.54) is 12.1 Å². The maximum absolute atomic E-state index is 12.9. The number of carbonyl (C=O) groups excluding carboxylic acids is 1. The molecule has 1 aromatic carbocycles. The van der Waals surface area contributed by atoms with Crippen molar-refractivity contribution in [2.24, 2.45) is 5.92 Å². The number of aliphatic hydroxyl groups excluding tert-OH is 1. The van der Waals surface area contributed by atoms with Gasteiger partial charge < -0.3 is 10.4 Å². The molecule has 2 N–H and O–H groups in total. The van der Waals surface area contributed by atoms with Crippen LogP contribution < -0.4 is 5.32 Å². The van der Waals surface area contributed by atoms with Crippen molar-refractivity contribution in [1.82, 2.24) is 15.1 Å². The number of rotatable bonds is 8. The fourth-order valence-corrected chi connectivity index (χ4v) is 2.64. The predicted molar refractivity (Wildman–Crippen MR) is 90.3 cm³/mol. The molecular formula is C18H24FN3O2. The number of amides is 1. The fraction of sp³-hybridized carbons (Fsp3) is 0.444. The van der Waals surface area contributed by atoms with Gasteiger partial charge in [-0.1, -0.05) is 26.7 Å². The second kappa shape index (κ2) is 8.59. The van der Waals surface area contributed by atoms with Gasteiger partial charge in [0.25, 0.3) is 0 Å². The monoisotopic (exact) mass is 333 g/mol. The third kappa shape index (κ3) is 4.89. The lowest BCUT2D eigenvalue weighted by molar-refractivity contribution is -0.121. The summed E-state index contributed by atoms with van der Waals surface area (Å²) in [6.07, 6.45) is 3.12. The summed E-state index contributed by atoms with van der Waals surface area (Å²) in [4.78, 5) is 12.0. The summed E-state index contributed by atoms with van der Waals surface area (Å²) in [5, 5.41) is 17.1. The van der Waals surface area contributed by atoms with Crippen LogP contribution in [0.4, 0.5) is 4.39 Å². The van der Waals surface area contributed by atoms with E-state index in [4.69, 9.17) is 0 Å². The lowest BCUT2D eigenvalue weighted by Gasteiger charge is -2.20. The maximum atomic E-state index is 12.9. The van der Waals surface area contributed by atoms with Crippen LogP contribution >= 0.6 is 0 Å². The van der Waals surface area contributed by atoms with E-state index >= 15 is 0 Å². The summed E-state index contributed by atoms with van der Waals surface area (Å²) in [7, 11) is 0. The standard InChI is InChI=1S/C18H24FN3O2/c1-3-13(4-2)17(23)12-20-18(24)11-15-9-10-22(21-15)16-7-5-14(19)6-8-16/h5-10,13,17,23H,3-4,11-12H2,1-2H3,(H,20,24). The molecule has 130 valence electrons. The molecule has 24 heavy (non-hydrogen) atoms. The number of aliphatic hydroxyl groups is 1. The summed E-state index contributed by atoms with van der Waals surface area (Å²) in [6.45, 7) is 4.31. The van der Waals surface area contributed by atoms with Crippen LogP contribution in [0.25, 0.3) is 5.69 Å². The van der Waals surface area contributed by atoms with Gasteiger partial charge in [0.05, 0.1) is 23.9 Å². The normalized spacial score (nSPS) is 12.4. The molecule has 1 unspecified atom stereocenters. The SMILES string of the molecule is CCC(CC)C(O)CNC(=O)Cc1ccn(-c2ccc(F)cc2)n1. The molecule has 0 saturated heterocycles. The number of carbonyl (C=O) groups is 1. The van der Waals surface area contributed by atoms with E-state index in [1.807, 2.05) is 13.8 Å². The first-order valence-corrected chi connectivity index (χ1v) is 8.28. The Labute approximate surface area is 141 Å². The van der Waals surface area contributed by atoms with E-state index in [-0.39, 0.29) is 30.6 Å². The van der Waals surface area contributed by atoms with Gasteiger partial charge in [0.15, 0.2) is 0 Å².